The number of hydrogen-bond donors (Lipinski definition) is 7. The molecule has 0 aliphatic rings. The Balaban J connectivity index is 0.000000606. The van der Waals surface area contributed by atoms with Crippen LogP contribution in [-0.2, 0) is 26.2 Å². The van der Waals surface area contributed by atoms with E-state index in [1.54, 1.807) is 12.1 Å². The summed E-state index contributed by atoms with van der Waals surface area (Å²) in [5.74, 6) is 0.797. The lowest BCUT2D eigenvalue weighted by Gasteiger charge is -2.26. The zero-order valence-electron chi connectivity index (χ0n) is 27.8. The summed E-state index contributed by atoms with van der Waals surface area (Å²) in [6, 6.07) is 11.9. The zero-order valence-corrected chi connectivity index (χ0v) is 28.7. The zero-order chi connectivity index (χ0) is 33.3. The Morgan fingerprint density at radius 2 is 0.857 bits per heavy atom. The molecule has 0 saturated carbocycles. The van der Waals surface area contributed by atoms with Crippen LogP contribution in [0.25, 0.3) is 0 Å². The van der Waals surface area contributed by atoms with Gasteiger partial charge in [0, 0.05) is 0 Å². The number of phenolic OH excluding ortho intramolecular Hbond substituents is 2. The van der Waals surface area contributed by atoms with Crippen molar-refractivity contribution in [2.45, 2.75) is 105 Å². The van der Waals surface area contributed by atoms with E-state index in [2.05, 4.69) is 99.7 Å². The molecule has 0 bridgehead atoms. The normalized spacial score (nSPS) is 12.8. The molecule has 0 aliphatic carbocycles. The van der Waals surface area contributed by atoms with Gasteiger partial charge in [-0.2, -0.15) is 0 Å². The molecule has 0 spiro atoms. The fraction of sp³-hybridized carbons (Fsp3) is 0.636. The van der Waals surface area contributed by atoms with Crippen molar-refractivity contribution in [1.82, 2.24) is 0 Å². The van der Waals surface area contributed by atoms with Crippen molar-refractivity contribution in [3.8, 4) is 11.5 Å². The van der Waals surface area contributed by atoms with E-state index in [0.29, 0.717) is 11.5 Å². The molecular weight excluding hydrogens is 555 g/mol. The predicted molar refractivity (Wildman–Crippen MR) is 172 cm³/mol. The molecule has 42 heavy (non-hydrogen) atoms. The van der Waals surface area contributed by atoms with E-state index in [4.69, 9.17) is 25.1 Å². The average molecular weight is 613 g/mol. The third kappa shape index (κ3) is 13.3. The summed E-state index contributed by atoms with van der Waals surface area (Å²) in [5, 5.41) is 45.9. The van der Waals surface area contributed by atoms with Crippen LogP contribution in [0.5, 0.6) is 11.5 Å². The van der Waals surface area contributed by atoms with Crippen LogP contribution in [0, 0.1) is 5.41 Å². The molecule has 0 heterocycles. The van der Waals surface area contributed by atoms with Crippen LogP contribution in [0.4, 0.5) is 0 Å². The molecule has 2 rings (SSSR count). The second-order valence-electron chi connectivity index (χ2n) is 15.0. The van der Waals surface area contributed by atoms with Gasteiger partial charge in [0.15, 0.2) is 0 Å². The number of phenols is 2. The van der Waals surface area contributed by atoms with Gasteiger partial charge in [-0.3, -0.25) is 0 Å². The van der Waals surface area contributed by atoms with E-state index in [-0.39, 0.29) is 28.3 Å². The van der Waals surface area contributed by atoms with Gasteiger partial charge in [0.1, 0.15) is 11.5 Å². The maximum Gasteiger partial charge on any atom is 0.327 e. The number of hydrogen-bond acceptors (Lipinski definition) is 8. The molecule has 2 aromatic carbocycles. The first-order valence-electron chi connectivity index (χ1n) is 14.2. The van der Waals surface area contributed by atoms with Crippen LogP contribution in [0.15, 0.2) is 36.4 Å². The molecule has 0 fully saturated rings. The van der Waals surface area contributed by atoms with Crippen LogP contribution in [-0.4, -0.2) is 61.7 Å². The summed E-state index contributed by atoms with van der Waals surface area (Å²) in [4.78, 5) is 16.7. The Kier molecular flexibility index (Phi) is 15.1. The summed E-state index contributed by atoms with van der Waals surface area (Å²) in [5.41, 5.74) is 3.63. The van der Waals surface area contributed by atoms with Crippen LogP contribution in [0.3, 0.4) is 0 Å². The van der Waals surface area contributed by atoms with Gasteiger partial charge in [0.25, 0.3) is 0 Å². The Bertz CT molecular complexity index is 1000. The highest BCUT2D eigenvalue weighted by Crippen LogP contribution is 2.36. The highest BCUT2D eigenvalue weighted by molar-refractivity contribution is 7.39. The molecule has 0 unspecified atom stereocenters. The predicted octanol–water partition coefficient (Wildman–Crippen LogP) is 6.15. The molecule has 0 amide bonds. The maximum absolute atomic E-state index is 9.84. The summed E-state index contributed by atoms with van der Waals surface area (Å²) in [6.07, 6.45) is 0. The first-order valence-corrected chi connectivity index (χ1v) is 15.3. The SMILES string of the molecule is CC(C)(C)c1ccc(O)c(C(C)(C)C)c1.CC(C)(C)c1ccc(O)c(C(C)(C)C)c1.OCC(CO)(CO)COP(O)O. The lowest BCUT2D eigenvalue weighted by molar-refractivity contribution is -0.0280. The Morgan fingerprint density at radius 3 is 1.07 bits per heavy atom. The standard InChI is InChI=1S/2C14H22O.C5H13O6P/c2*1-13(2,3)10-7-8-12(15)11(9-10)14(4,5)6;6-1-5(2-7,3-8)4-11-12(9)10/h2*7-9,15H,1-6H3;6-10H,1-4H2. The highest BCUT2D eigenvalue weighted by atomic mass is 31.2. The maximum atomic E-state index is 9.84. The van der Waals surface area contributed by atoms with Gasteiger partial charge >= 0.3 is 8.60 Å². The summed E-state index contributed by atoms with van der Waals surface area (Å²) in [7, 11) is -2.52. The van der Waals surface area contributed by atoms with Crippen LogP contribution in [0.2, 0.25) is 0 Å². The van der Waals surface area contributed by atoms with E-state index >= 15 is 0 Å². The first kappa shape index (κ1) is 40.2. The molecule has 7 N–H and O–H groups in total. The minimum Gasteiger partial charge on any atom is -0.508 e. The number of benzene rings is 2. The van der Waals surface area contributed by atoms with Crippen LogP contribution < -0.4 is 0 Å². The monoisotopic (exact) mass is 612 g/mol. The molecule has 0 radical (unpaired) electrons. The van der Waals surface area contributed by atoms with Crippen molar-refractivity contribution in [3.05, 3.63) is 58.7 Å². The first-order chi connectivity index (χ1) is 18.8. The molecule has 242 valence electrons. The largest absolute Gasteiger partial charge is 0.508 e. The lowest BCUT2D eigenvalue weighted by atomic mass is 9.80. The van der Waals surface area contributed by atoms with Gasteiger partial charge in [-0.25, -0.2) is 0 Å². The van der Waals surface area contributed by atoms with Gasteiger partial charge in [0.2, 0.25) is 0 Å². The van der Waals surface area contributed by atoms with Crippen molar-refractivity contribution in [2.75, 3.05) is 26.4 Å². The van der Waals surface area contributed by atoms with Crippen molar-refractivity contribution in [1.29, 1.82) is 0 Å². The number of aromatic hydroxyl groups is 2. The van der Waals surface area contributed by atoms with Crippen molar-refractivity contribution in [3.63, 3.8) is 0 Å². The third-order valence-corrected chi connectivity index (χ3v) is 7.19. The van der Waals surface area contributed by atoms with Gasteiger partial charge < -0.3 is 39.8 Å². The molecule has 0 aromatic heterocycles. The van der Waals surface area contributed by atoms with Gasteiger partial charge in [-0.1, -0.05) is 107 Å². The summed E-state index contributed by atoms with van der Waals surface area (Å²) >= 11 is 0. The van der Waals surface area contributed by atoms with E-state index in [1.807, 2.05) is 12.1 Å². The molecular formula is C33H57O8P. The molecule has 0 saturated heterocycles. The highest BCUT2D eigenvalue weighted by Gasteiger charge is 2.29. The molecule has 0 aliphatic heterocycles. The third-order valence-electron chi connectivity index (χ3n) is 6.83. The van der Waals surface area contributed by atoms with E-state index in [9.17, 15) is 10.2 Å². The van der Waals surface area contributed by atoms with Gasteiger partial charge in [0.05, 0.1) is 31.8 Å². The molecule has 2 aromatic rings. The minimum atomic E-state index is -2.52. The topological polar surface area (TPSA) is 151 Å². The fourth-order valence-corrected chi connectivity index (χ4v) is 4.08. The fourth-order valence-electron chi connectivity index (χ4n) is 3.69. The molecule has 8 nitrogen and oxygen atoms in total. The number of rotatable bonds is 6. The quantitative estimate of drug-likeness (QED) is 0.192. The van der Waals surface area contributed by atoms with Gasteiger partial charge in [-0.15, -0.1) is 0 Å². The number of aliphatic hydroxyl groups excluding tert-OH is 3. The Hall–Kier alpha value is -1.77. The van der Waals surface area contributed by atoms with E-state index < -0.39 is 33.8 Å². The Labute approximate surface area is 255 Å². The molecule has 0 atom stereocenters. The van der Waals surface area contributed by atoms with E-state index in [1.165, 1.54) is 11.1 Å². The lowest BCUT2D eigenvalue weighted by Crippen LogP contribution is -2.38. The van der Waals surface area contributed by atoms with Gasteiger partial charge in [-0.05, 0) is 56.0 Å². The smallest absolute Gasteiger partial charge is 0.327 e. The minimum absolute atomic E-state index is 0.00859. The van der Waals surface area contributed by atoms with E-state index in [0.717, 1.165) is 11.1 Å². The summed E-state index contributed by atoms with van der Waals surface area (Å²) in [6.45, 7) is 24.1. The van der Waals surface area contributed by atoms with Crippen molar-refractivity contribution >= 4 is 8.60 Å². The van der Waals surface area contributed by atoms with Crippen LogP contribution in [0.1, 0.15) is 105 Å². The number of aliphatic hydroxyl groups is 3. The van der Waals surface area contributed by atoms with Crippen molar-refractivity contribution < 1.29 is 39.8 Å². The molecule has 9 heteroatoms. The van der Waals surface area contributed by atoms with Crippen LogP contribution >= 0.6 is 8.60 Å². The summed E-state index contributed by atoms with van der Waals surface area (Å²) < 4.78 is 4.38. The average Bonchev–Trinajstić information content (AvgIpc) is 2.83. The Morgan fingerprint density at radius 1 is 0.548 bits per heavy atom. The second kappa shape index (κ2) is 15.8. The second-order valence-corrected chi connectivity index (χ2v) is 15.7. The van der Waals surface area contributed by atoms with Crippen molar-refractivity contribution in [2.24, 2.45) is 5.41 Å².